The SMILES string of the molecule is c1ccc(N2CCOCC2)c(-c2ncn3ccccc23)c1. The maximum Gasteiger partial charge on any atom is 0.0999 e. The Bertz CT molecular complexity index is 759. The van der Waals surface area contributed by atoms with E-state index in [-0.39, 0.29) is 0 Å². The largest absolute Gasteiger partial charge is 0.378 e. The van der Waals surface area contributed by atoms with Gasteiger partial charge in [0, 0.05) is 30.5 Å². The number of imidazole rings is 1. The van der Waals surface area contributed by atoms with Crippen molar-refractivity contribution in [3.8, 4) is 11.3 Å². The molecule has 0 N–H and O–H groups in total. The average Bonchev–Trinajstić information content (AvgIpc) is 3.00. The number of nitrogens with zero attached hydrogens (tertiary/aromatic N) is 3. The van der Waals surface area contributed by atoms with E-state index in [0.717, 1.165) is 37.5 Å². The van der Waals surface area contributed by atoms with Crippen molar-refractivity contribution in [1.29, 1.82) is 0 Å². The normalized spacial score (nSPS) is 15.5. The number of pyridine rings is 1. The van der Waals surface area contributed by atoms with Crippen molar-refractivity contribution in [3.05, 3.63) is 55.0 Å². The first-order valence-electron chi connectivity index (χ1n) is 7.27. The minimum atomic E-state index is 0.790. The van der Waals surface area contributed by atoms with Crippen molar-refractivity contribution in [1.82, 2.24) is 9.38 Å². The van der Waals surface area contributed by atoms with Gasteiger partial charge in [0.1, 0.15) is 0 Å². The van der Waals surface area contributed by atoms with Crippen molar-refractivity contribution < 1.29 is 4.74 Å². The number of para-hydroxylation sites is 1. The molecule has 21 heavy (non-hydrogen) atoms. The summed E-state index contributed by atoms with van der Waals surface area (Å²) < 4.78 is 7.52. The van der Waals surface area contributed by atoms with E-state index in [1.165, 1.54) is 11.3 Å². The van der Waals surface area contributed by atoms with E-state index in [0.29, 0.717) is 0 Å². The van der Waals surface area contributed by atoms with Gasteiger partial charge in [0.25, 0.3) is 0 Å². The van der Waals surface area contributed by atoms with Gasteiger partial charge in [-0.05, 0) is 18.2 Å². The van der Waals surface area contributed by atoms with E-state index < -0.39 is 0 Å². The van der Waals surface area contributed by atoms with Crippen LogP contribution in [0.2, 0.25) is 0 Å². The lowest BCUT2D eigenvalue weighted by molar-refractivity contribution is 0.123. The smallest absolute Gasteiger partial charge is 0.0999 e. The van der Waals surface area contributed by atoms with Gasteiger partial charge in [-0.2, -0.15) is 0 Å². The minimum absolute atomic E-state index is 0.790. The lowest BCUT2D eigenvalue weighted by Crippen LogP contribution is -2.36. The Balaban J connectivity index is 1.84. The summed E-state index contributed by atoms with van der Waals surface area (Å²) in [5.74, 6) is 0. The Hall–Kier alpha value is -2.33. The number of aromatic nitrogens is 2. The van der Waals surface area contributed by atoms with Crippen LogP contribution in [0.15, 0.2) is 55.0 Å². The maximum atomic E-state index is 5.46. The van der Waals surface area contributed by atoms with Crippen molar-refractivity contribution in [2.75, 3.05) is 31.2 Å². The molecule has 3 aromatic rings. The summed E-state index contributed by atoms with van der Waals surface area (Å²) in [4.78, 5) is 7.01. The van der Waals surface area contributed by atoms with Crippen LogP contribution in [0.1, 0.15) is 0 Å². The third-order valence-corrected chi connectivity index (χ3v) is 3.95. The van der Waals surface area contributed by atoms with Crippen molar-refractivity contribution in [3.63, 3.8) is 0 Å². The molecule has 1 saturated heterocycles. The number of fused-ring (bicyclic) bond motifs is 1. The quantitative estimate of drug-likeness (QED) is 0.722. The number of hydrogen-bond donors (Lipinski definition) is 0. The lowest BCUT2D eigenvalue weighted by atomic mass is 10.1. The second-order valence-corrected chi connectivity index (χ2v) is 5.20. The van der Waals surface area contributed by atoms with E-state index in [1.807, 2.05) is 18.6 Å². The van der Waals surface area contributed by atoms with Crippen LogP contribution in [-0.4, -0.2) is 35.7 Å². The summed E-state index contributed by atoms with van der Waals surface area (Å²) in [5, 5.41) is 0. The fourth-order valence-corrected chi connectivity index (χ4v) is 2.90. The highest BCUT2D eigenvalue weighted by Gasteiger charge is 2.17. The fourth-order valence-electron chi connectivity index (χ4n) is 2.90. The van der Waals surface area contributed by atoms with E-state index in [1.54, 1.807) is 0 Å². The van der Waals surface area contributed by atoms with Gasteiger partial charge in [0.15, 0.2) is 0 Å². The number of anilines is 1. The number of hydrogen-bond acceptors (Lipinski definition) is 3. The summed E-state index contributed by atoms with van der Waals surface area (Å²) in [5.41, 5.74) is 4.61. The highest BCUT2D eigenvalue weighted by atomic mass is 16.5. The van der Waals surface area contributed by atoms with Crippen molar-refractivity contribution >= 4 is 11.2 Å². The average molecular weight is 279 g/mol. The summed E-state index contributed by atoms with van der Waals surface area (Å²) in [6.07, 6.45) is 3.91. The Morgan fingerprint density at radius 3 is 2.67 bits per heavy atom. The van der Waals surface area contributed by atoms with Gasteiger partial charge in [0.05, 0.1) is 30.8 Å². The molecule has 4 rings (SSSR count). The molecule has 1 fully saturated rings. The van der Waals surface area contributed by atoms with E-state index in [2.05, 4.69) is 50.7 Å². The second-order valence-electron chi connectivity index (χ2n) is 5.20. The number of morpholine rings is 1. The highest BCUT2D eigenvalue weighted by molar-refractivity contribution is 5.85. The van der Waals surface area contributed by atoms with Gasteiger partial charge in [-0.3, -0.25) is 0 Å². The number of benzene rings is 1. The fraction of sp³-hybridized carbons (Fsp3) is 0.235. The molecule has 0 saturated carbocycles. The third kappa shape index (κ3) is 2.17. The molecule has 1 aliphatic heterocycles. The molecule has 3 heterocycles. The zero-order chi connectivity index (χ0) is 14.1. The molecular weight excluding hydrogens is 262 g/mol. The molecule has 1 aromatic carbocycles. The molecule has 0 radical (unpaired) electrons. The molecule has 106 valence electrons. The van der Waals surface area contributed by atoms with E-state index >= 15 is 0 Å². The highest BCUT2D eigenvalue weighted by Crippen LogP contribution is 2.32. The lowest BCUT2D eigenvalue weighted by Gasteiger charge is -2.30. The number of ether oxygens (including phenoxy) is 1. The molecule has 4 nitrogen and oxygen atoms in total. The van der Waals surface area contributed by atoms with Crippen LogP contribution in [0.4, 0.5) is 5.69 Å². The Morgan fingerprint density at radius 1 is 0.952 bits per heavy atom. The molecular formula is C17H17N3O. The molecule has 0 bridgehead atoms. The predicted molar refractivity (Wildman–Crippen MR) is 83.7 cm³/mol. The summed E-state index contributed by atoms with van der Waals surface area (Å²) in [7, 11) is 0. The Labute approximate surface area is 123 Å². The molecule has 0 spiro atoms. The van der Waals surface area contributed by atoms with Crippen LogP contribution in [0, 0.1) is 0 Å². The molecule has 0 unspecified atom stereocenters. The summed E-state index contributed by atoms with van der Waals surface area (Å²) >= 11 is 0. The first kappa shape index (κ1) is 12.4. The first-order chi connectivity index (χ1) is 10.4. The first-order valence-corrected chi connectivity index (χ1v) is 7.27. The van der Waals surface area contributed by atoms with Crippen LogP contribution < -0.4 is 4.90 Å². The summed E-state index contributed by atoms with van der Waals surface area (Å²) in [6, 6.07) is 14.7. The van der Waals surface area contributed by atoms with E-state index in [9.17, 15) is 0 Å². The topological polar surface area (TPSA) is 29.8 Å². The Morgan fingerprint density at radius 2 is 1.76 bits per heavy atom. The van der Waals surface area contributed by atoms with Crippen molar-refractivity contribution in [2.24, 2.45) is 0 Å². The van der Waals surface area contributed by atoms with Gasteiger partial charge in [-0.1, -0.05) is 24.3 Å². The van der Waals surface area contributed by atoms with Gasteiger partial charge in [-0.15, -0.1) is 0 Å². The zero-order valence-electron chi connectivity index (χ0n) is 11.8. The predicted octanol–water partition coefficient (Wildman–Crippen LogP) is 2.84. The van der Waals surface area contributed by atoms with Crippen LogP contribution >= 0.6 is 0 Å². The van der Waals surface area contributed by atoms with Gasteiger partial charge >= 0.3 is 0 Å². The van der Waals surface area contributed by atoms with Crippen LogP contribution in [0.25, 0.3) is 16.8 Å². The standard InChI is InChI=1S/C17H17N3O/c1-2-6-15(19-9-11-21-12-10-19)14(5-1)17-16-7-3-4-8-20(16)13-18-17/h1-8,13H,9-12H2. The molecule has 0 amide bonds. The molecule has 1 aliphatic rings. The molecule has 0 aliphatic carbocycles. The van der Waals surface area contributed by atoms with Crippen LogP contribution in [-0.2, 0) is 4.74 Å². The zero-order valence-corrected chi connectivity index (χ0v) is 11.8. The number of rotatable bonds is 2. The van der Waals surface area contributed by atoms with Crippen LogP contribution in [0.5, 0.6) is 0 Å². The maximum absolute atomic E-state index is 5.46. The second kappa shape index (κ2) is 5.22. The third-order valence-electron chi connectivity index (χ3n) is 3.95. The molecule has 4 heteroatoms. The molecule has 2 aromatic heterocycles. The van der Waals surface area contributed by atoms with Crippen LogP contribution in [0.3, 0.4) is 0 Å². The molecule has 0 atom stereocenters. The monoisotopic (exact) mass is 279 g/mol. The summed E-state index contributed by atoms with van der Waals surface area (Å²) in [6.45, 7) is 3.45. The van der Waals surface area contributed by atoms with Gasteiger partial charge < -0.3 is 14.0 Å². The minimum Gasteiger partial charge on any atom is -0.378 e. The van der Waals surface area contributed by atoms with Crippen molar-refractivity contribution in [2.45, 2.75) is 0 Å². The van der Waals surface area contributed by atoms with Gasteiger partial charge in [0.2, 0.25) is 0 Å². The Kier molecular flexibility index (Phi) is 3.09. The van der Waals surface area contributed by atoms with Gasteiger partial charge in [-0.25, -0.2) is 4.98 Å². The van der Waals surface area contributed by atoms with E-state index in [4.69, 9.17) is 4.74 Å².